The molecular weight excluding hydrogens is 306 g/mol. The predicted octanol–water partition coefficient (Wildman–Crippen LogP) is 1.97. The van der Waals surface area contributed by atoms with Gasteiger partial charge in [0.05, 0.1) is 0 Å². The molecule has 1 fully saturated rings. The number of aromatic nitrogens is 3. The standard InChI is InChI=1S/C17H23N5O2/c1-12(18)5-6-15(23)22-10-7-13(8-11-22)17-20-16(21-24-17)14-4-2-3-9-19-14/h2-4,9,12-13H,5-8,10-11,18H2,1H3. The van der Waals surface area contributed by atoms with Gasteiger partial charge in [0, 0.05) is 37.7 Å². The van der Waals surface area contributed by atoms with Crippen molar-refractivity contribution in [2.45, 2.75) is 44.6 Å². The summed E-state index contributed by atoms with van der Waals surface area (Å²) >= 11 is 0. The van der Waals surface area contributed by atoms with Crippen molar-refractivity contribution in [1.82, 2.24) is 20.0 Å². The summed E-state index contributed by atoms with van der Waals surface area (Å²) in [6, 6.07) is 5.66. The zero-order valence-electron chi connectivity index (χ0n) is 13.9. The molecule has 0 radical (unpaired) electrons. The summed E-state index contributed by atoms with van der Waals surface area (Å²) < 4.78 is 5.41. The molecule has 0 bridgehead atoms. The Morgan fingerprint density at radius 2 is 2.21 bits per heavy atom. The van der Waals surface area contributed by atoms with Gasteiger partial charge in [-0.2, -0.15) is 4.98 Å². The van der Waals surface area contributed by atoms with Gasteiger partial charge in [-0.25, -0.2) is 0 Å². The van der Waals surface area contributed by atoms with Crippen molar-refractivity contribution in [1.29, 1.82) is 0 Å². The first kappa shape index (κ1) is 16.6. The van der Waals surface area contributed by atoms with Gasteiger partial charge in [0.1, 0.15) is 5.69 Å². The number of nitrogens with two attached hydrogens (primary N) is 1. The van der Waals surface area contributed by atoms with Crippen molar-refractivity contribution in [3.8, 4) is 11.5 Å². The average molecular weight is 329 g/mol. The second kappa shape index (κ2) is 7.53. The van der Waals surface area contributed by atoms with Crippen LogP contribution in [0.1, 0.15) is 44.4 Å². The van der Waals surface area contributed by atoms with E-state index in [1.54, 1.807) is 6.20 Å². The van der Waals surface area contributed by atoms with Crippen LogP contribution in [0.25, 0.3) is 11.5 Å². The third kappa shape index (κ3) is 3.97. The molecule has 3 rings (SSSR count). The van der Waals surface area contributed by atoms with Crippen molar-refractivity contribution < 1.29 is 9.32 Å². The predicted molar refractivity (Wildman–Crippen MR) is 89.0 cm³/mol. The molecular formula is C17H23N5O2. The molecule has 0 saturated carbocycles. The van der Waals surface area contributed by atoms with E-state index in [1.807, 2.05) is 30.0 Å². The number of hydrogen-bond donors (Lipinski definition) is 1. The van der Waals surface area contributed by atoms with E-state index in [0.717, 1.165) is 32.4 Å². The molecule has 7 heteroatoms. The highest BCUT2D eigenvalue weighted by atomic mass is 16.5. The summed E-state index contributed by atoms with van der Waals surface area (Å²) in [6.07, 6.45) is 4.64. The SMILES string of the molecule is CC(N)CCC(=O)N1CCC(c2nc(-c3ccccn3)no2)CC1. The molecule has 0 aromatic carbocycles. The molecule has 0 aliphatic carbocycles. The number of piperidine rings is 1. The highest BCUT2D eigenvalue weighted by Gasteiger charge is 2.27. The summed E-state index contributed by atoms with van der Waals surface area (Å²) in [5.41, 5.74) is 6.42. The molecule has 1 aliphatic rings. The van der Waals surface area contributed by atoms with Gasteiger partial charge in [0.15, 0.2) is 0 Å². The summed E-state index contributed by atoms with van der Waals surface area (Å²) in [5, 5.41) is 4.02. The Balaban J connectivity index is 1.55. The molecule has 1 unspecified atom stereocenters. The monoisotopic (exact) mass is 329 g/mol. The topological polar surface area (TPSA) is 98.1 Å². The third-order valence-electron chi connectivity index (χ3n) is 4.35. The minimum Gasteiger partial charge on any atom is -0.343 e. The van der Waals surface area contributed by atoms with Crippen LogP contribution in [0.4, 0.5) is 0 Å². The smallest absolute Gasteiger partial charge is 0.230 e. The van der Waals surface area contributed by atoms with E-state index in [0.29, 0.717) is 23.8 Å². The molecule has 128 valence electrons. The summed E-state index contributed by atoms with van der Waals surface area (Å²) in [4.78, 5) is 22.8. The highest BCUT2D eigenvalue weighted by Crippen LogP contribution is 2.28. The molecule has 24 heavy (non-hydrogen) atoms. The minimum atomic E-state index is 0.0647. The molecule has 3 heterocycles. The van der Waals surface area contributed by atoms with E-state index in [1.165, 1.54) is 0 Å². The second-order valence-electron chi connectivity index (χ2n) is 6.34. The van der Waals surface area contributed by atoms with Crippen LogP contribution in [0.2, 0.25) is 0 Å². The number of carbonyl (C=O) groups excluding carboxylic acids is 1. The fourth-order valence-corrected chi connectivity index (χ4v) is 2.89. The molecule has 1 saturated heterocycles. The summed E-state index contributed by atoms with van der Waals surface area (Å²) in [5.74, 6) is 1.54. The number of carbonyl (C=O) groups is 1. The van der Waals surface area contributed by atoms with Crippen molar-refractivity contribution in [3.63, 3.8) is 0 Å². The normalized spacial score (nSPS) is 17.0. The number of hydrogen-bond acceptors (Lipinski definition) is 6. The van der Waals surface area contributed by atoms with Crippen LogP contribution in [0.5, 0.6) is 0 Å². The van der Waals surface area contributed by atoms with Crippen LogP contribution in [0.3, 0.4) is 0 Å². The van der Waals surface area contributed by atoms with Crippen LogP contribution < -0.4 is 5.73 Å². The van der Waals surface area contributed by atoms with Gasteiger partial charge in [-0.1, -0.05) is 11.2 Å². The van der Waals surface area contributed by atoms with Gasteiger partial charge in [0.2, 0.25) is 17.6 Å². The van der Waals surface area contributed by atoms with Gasteiger partial charge >= 0.3 is 0 Å². The maximum absolute atomic E-state index is 12.1. The number of nitrogens with zero attached hydrogens (tertiary/aromatic N) is 4. The van der Waals surface area contributed by atoms with Crippen LogP contribution in [-0.2, 0) is 4.79 Å². The summed E-state index contributed by atoms with van der Waals surface area (Å²) in [7, 11) is 0. The van der Waals surface area contributed by atoms with E-state index in [9.17, 15) is 4.79 Å². The Kier molecular flexibility index (Phi) is 5.20. The van der Waals surface area contributed by atoms with Crippen molar-refractivity contribution in [3.05, 3.63) is 30.3 Å². The maximum atomic E-state index is 12.1. The molecule has 2 N–H and O–H groups in total. The Morgan fingerprint density at radius 1 is 1.42 bits per heavy atom. The van der Waals surface area contributed by atoms with Crippen LogP contribution in [0, 0.1) is 0 Å². The fourth-order valence-electron chi connectivity index (χ4n) is 2.89. The molecule has 1 amide bonds. The Bertz CT molecular complexity index is 663. The number of amides is 1. The van der Waals surface area contributed by atoms with E-state index >= 15 is 0 Å². The molecule has 1 aliphatic heterocycles. The average Bonchev–Trinajstić information content (AvgIpc) is 3.10. The number of rotatable bonds is 5. The minimum absolute atomic E-state index is 0.0647. The van der Waals surface area contributed by atoms with Gasteiger partial charge in [-0.3, -0.25) is 9.78 Å². The van der Waals surface area contributed by atoms with Crippen molar-refractivity contribution in [2.75, 3.05) is 13.1 Å². The molecule has 2 aromatic heterocycles. The van der Waals surface area contributed by atoms with Crippen LogP contribution in [0.15, 0.2) is 28.9 Å². The van der Waals surface area contributed by atoms with Crippen LogP contribution in [-0.4, -0.2) is 45.1 Å². The Hall–Kier alpha value is -2.28. The zero-order valence-corrected chi connectivity index (χ0v) is 13.9. The quantitative estimate of drug-likeness (QED) is 0.900. The molecule has 1 atom stereocenters. The maximum Gasteiger partial charge on any atom is 0.230 e. The van der Waals surface area contributed by atoms with E-state index in [4.69, 9.17) is 10.3 Å². The first-order valence-electron chi connectivity index (χ1n) is 8.42. The van der Waals surface area contributed by atoms with Crippen LogP contribution >= 0.6 is 0 Å². The Labute approximate surface area is 141 Å². The first-order chi connectivity index (χ1) is 11.6. The summed E-state index contributed by atoms with van der Waals surface area (Å²) in [6.45, 7) is 3.38. The van der Waals surface area contributed by atoms with Crippen molar-refractivity contribution in [2.24, 2.45) is 5.73 Å². The van der Waals surface area contributed by atoms with Gasteiger partial charge in [0.25, 0.3) is 0 Å². The first-order valence-corrected chi connectivity index (χ1v) is 8.42. The highest BCUT2D eigenvalue weighted by molar-refractivity contribution is 5.76. The molecule has 7 nitrogen and oxygen atoms in total. The van der Waals surface area contributed by atoms with Gasteiger partial charge in [-0.15, -0.1) is 0 Å². The molecule has 2 aromatic rings. The number of likely N-dealkylation sites (tertiary alicyclic amines) is 1. The lowest BCUT2D eigenvalue weighted by Crippen LogP contribution is -2.38. The zero-order chi connectivity index (χ0) is 16.9. The second-order valence-corrected chi connectivity index (χ2v) is 6.34. The van der Waals surface area contributed by atoms with E-state index < -0.39 is 0 Å². The van der Waals surface area contributed by atoms with Gasteiger partial charge < -0.3 is 15.2 Å². The van der Waals surface area contributed by atoms with E-state index in [2.05, 4.69) is 15.1 Å². The lowest BCUT2D eigenvalue weighted by atomic mass is 9.96. The third-order valence-corrected chi connectivity index (χ3v) is 4.35. The number of pyridine rings is 1. The fraction of sp³-hybridized carbons (Fsp3) is 0.529. The molecule has 0 spiro atoms. The lowest BCUT2D eigenvalue weighted by molar-refractivity contribution is -0.132. The van der Waals surface area contributed by atoms with Crippen molar-refractivity contribution >= 4 is 5.91 Å². The Morgan fingerprint density at radius 3 is 2.88 bits per heavy atom. The van der Waals surface area contributed by atoms with Gasteiger partial charge in [-0.05, 0) is 38.3 Å². The van der Waals surface area contributed by atoms with E-state index in [-0.39, 0.29) is 17.9 Å². The lowest BCUT2D eigenvalue weighted by Gasteiger charge is -2.30. The largest absolute Gasteiger partial charge is 0.343 e.